The second-order valence-electron chi connectivity index (χ2n) is 4.19. The van der Waals surface area contributed by atoms with Crippen LogP contribution in [0.4, 0.5) is 5.69 Å². The molecule has 0 amide bonds. The van der Waals surface area contributed by atoms with Crippen molar-refractivity contribution in [1.82, 2.24) is 0 Å². The molecule has 0 N–H and O–H groups in total. The summed E-state index contributed by atoms with van der Waals surface area (Å²) in [7, 11) is 0. The van der Waals surface area contributed by atoms with Crippen LogP contribution in [-0.2, 0) is 6.42 Å². The van der Waals surface area contributed by atoms with E-state index in [9.17, 15) is 0 Å². The molecule has 0 atom stereocenters. The van der Waals surface area contributed by atoms with Gasteiger partial charge < -0.3 is 3.11 Å². The molecule has 1 heterocycles. The highest BCUT2D eigenvalue weighted by Crippen LogP contribution is 2.34. The summed E-state index contributed by atoms with van der Waals surface area (Å²) in [5.41, 5.74) is 4.54. The third kappa shape index (κ3) is 1.76. The molecule has 0 fully saturated rings. The molecule has 0 bridgehead atoms. The molecule has 1 aromatic rings. The van der Waals surface area contributed by atoms with Gasteiger partial charge in [-0.1, -0.05) is 26.0 Å². The molecule has 1 aromatic carbocycles. The molecular formula is C12H16IN. The maximum atomic E-state index is 2.42. The van der Waals surface area contributed by atoms with E-state index in [2.05, 4.69) is 58.0 Å². The lowest BCUT2D eigenvalue weighted by atomic mass is 9.91. The van der Waals surface area contributed by atoms with Crippen molar-refractivity contribution in [2.75, 3.05) is 9.66 Å². The van der Waals surface area contributed by atoms with Gasteiger partial charge in [-0.2, -0.15) is 0 Å². The summed E-state index contributed by atoms with van der Waals surface area (Å²) in [6, 6.07) is 6.71. The van der Waals surface area contributed by atoms with Crippen molar-refractivity contribution in [3.63, 3.8) is 0 Å². The third-order valence-corrected chi connectivity index (χ3v) is 3.85. The molecule has 0 aromatic heterocycles. The summed E-state index contributed by atoms with van der Waals surface area (Å²) in [5.74, 6) is 0.646. The molecule has 1 aliphatic heterocycles. The normalized spacial score (nSPS) is 15.9. The topological polar surface area (TPSA) is 3.24 Å². The van der Waals surface area contributed by atoms with E-state index in [1.54, 1.807) is 5.56 Å². The monoisotopic (exact) mass is 301 g/mol. The van der Waals surface area contributed by atoms with Crippen LogP contribution in [0.2, 0.25) is 0 Å². The van der Waals surface area contributed by atoms with Gasteiger partial charge in [-0.3, -0.25) is 0 Å². The number of nitrogens with zero attached hydrogens (tertiary/aromatic N) is 1. The van der Waals surface area contributed by atoms with Crippen molar-refractivity contribution in [3.05, 3.63) is 29.3 Å². The van der Waals surface area contributed by atoms with Crippen molar-refractivity contribution < 1.29 is 0 Å². The Morgan fingerprint density at radius 3 is 2.86 bits per heavy atom. The van der Waals surface area contributed by atoms with E-state index >= 15 is 0 Å². The van der Waals surface area contributed by atoms with Crippen LogP contribution in [0.3, 0.4) is 0 Å². The summed E-state index contributed by atoms with van der Waals surface area (Å²) in [5, 5.41) is 0. The Bertz CT molecular complexity index is 319. The maximum absolute atomic E-state index is 2.42. The number of hydrogen-bond acceptors (Lipinski definition) is 1. The largest absolute Gasteiger partial charge is 0.315 e. The third-order valence-electron chi connectivity index (χ3n) is 2.85. The van der Waals surface area contributed by atoms with E-state index < -0.39 is 0 Å². The molecule has 1 nitrogen and oxygen atoms in total. The molecule has 0 saturated heterocycles. The van der Waals surface area contributed by atoms with Crippen molar-refractivity contribution in [2.45, 2.75) is 32.6 Å². The molecule has 76 valence electrons. The predicted octanol–water partition coefficient (Wildman–Crippen LogP) is 3.91. The summed E-state index contributed by atoms with van der Waals surface area (Å²) in [6.45, 7) is 5.75. The average molecular weight is 301 g/mol. The van der Waals surface area contributed by atoms with Gasteiger partial charge in [0.1, 0.15) is 0 Å². The zero-order valence-electron chi connectivity index (χ0n) is 8.76. The molecule has 0 saturated carbocycles. The molecule has 14 heavy (non-hydrogen) atoms. The Balaban J connectivity index is 2.49. The minimum atomic E-state index is 0.646. The van der Waals surface area contributed by atoms with Crippen LogP contribution in [0, 0.1) is 0 Å². The van der Waals surface area contributed by atoms with Crippen LogP contribution >= 0.6 is 22.9 Å². The Hall–Kier alpha value is -0.250. The van der Waals surface area contributed by atoms with Gasteiger partial charge in [0.05, 0.1) is 22.9 Å². The standard InChI is InChI=1S/C12H16IN/c1-9(2)10-5-3-7-12-11(10)6-4-8-14(12)13/h3,5,7,9H,4,6,8H2,1-2H3. The highest BCUT2D eigenvalue weighted by molar-refractivity contribution is 14.1. The minimum Gasteiger partial charge on any atom is -0.315 e. The average Bonchev–Trinajstić information content (AvgIpc) is 2.17. The number of halogens is 1. The van der Waals surface area contributed by atoms with E-state index in [4.69, 9.17) is 0 Å². The molecule has 0 spiro atoms. The van der Waals surface area contributed by atoms with Gasteiger partial charge in [0.15, 0.2) is 0 Å². The summed E-state index contributed by atoms with van der Waals surface area (Å²) < 4.78 is 2.35. The van der Waals surface area contributed by atoms with Crippen LogP contribution in [0.25, 0.3) is 0 Å². The van der Waals surface area contributed by atoms with E-state index in [0.29, 0.717) is 5.92 Å². The van der Waals surface area contributed by atoms with Crippen molar-refractivity contribution >= 4 is 28.6 Å². The first-order valence-electron chi connectivity index (χ1n) is 5.25. The molecule has 1 aliphatic rings. The number of hydrogen-bond donors (Lipinski definition) is 0. The fourth-order valence-electron chi connectivity index (χ4n) is 2.15. The molecule has 0 aliphatic carbocycles. The fourth-order valence-corrected chi connectivity index (χ4v) is 2.94. The van der Waals surface area contributed by atoms with E-state index in [-0.39, 0.29) is 0 Å². The Morgan fingerprint density at radius 1 is 1.36 bits per heavy atom. The van der Waals surface area contributed by atoms with Crippen molar-refractivity contribution in [1.29, 1.82) is 0 Å². The van der Waals surface area contributed by atoms with Crippen LogP contribution in [0.5, 0.6) is 0 Å². The van der Waals surface area contributed by atoms with Gasteiger partial charge in [-0.15, -0.1) is 0 Å². The zero-order chi connectivity index (χ0) is 10.1. The van der Waals surface area contributed by atoms with Crippen LogP contribution < -0.4 is 3.11 Å². The van der Waals surface area contributed by atoms with Gasteiger partial charge in [0.25, 0.3) is 0 Å². The predicted molar refractivity (Wildman–Crippen MR) is 70.2 cm³/mol. The first-order valence-corrected chi connectivity index (χ1v) is 6.21. The molecule has 0 unspecified atom stereocenters. The van der Waals surface area contributed by atoms with Crippen molar-refractivity contribution in [3.8, 4) is 0 Å². The minimum absolute atomic E-state index is 0.646. The van der Waals surface area contributed by atoms with Gasteiger partial charge >= 0.3 is 0 Å². The lowest BCUT2D eigenvalue weighted by molar-refractivity contribution is 0.767. The SMILES string of the molecule is CC(C)c1cccc2c1CCCN2I. The molecule has 2 rings (SSSR count). The van der Waals surface area contributed by atoms with Crippen LogP contribution in [0.1, 0.15) is 37.3 Å². The van der Waals surface area contributed by atoms with Crippen LogP contribution in [0.15, 0.2) is 18.2 Å². The Kier molecular flexibility index (Phi) is 3.00. The maximum Gasteiger partial charge on any atom is 0.0591 e. The summed E-state index contributed by atoms with van der Waals surface area (Å²) >= 11 is 2.42. The molecule has 0 radical (unpaired) electrons. The number of rotatable bonds is 1. The first kappa shape index (κ1) is 10.3. The first-order chi connectivity index (χ1) is 6.70. The van der Waals surface area contributed by atoms with Gasteiger partial charge in [-0.05, 0) is 36.0 Å². The van der Waals surface area contributed by atoms with E-state index in [1.807, 2.05) is 0 Å². The van der Waals surface area contributed by atoms with Gasteiger partial charge in [-0.25, -0.2) is 0 Å². The van der Waals surface area contributed by atoms with E-state index in [1.165, 1.54) is 30.6 Å². The second kappa shape index (κ2) is 4.09. The Labute approximate surface area is 100.0 Å². The van der Waals surface area contributed by atoms with Crippen molar-refractivity contribution in [2.24, 2.45) is 0 Å². The number of fused-ring (bicyclic) bond motifs is 1. The lowest BCUT2D eigenvalue weighted by Crippen LogP contribution is -2.20. The smallest absolute Gasteiger partial charge is 0.0591 e. The fraction of sp³-hybridized carbons (Fsp3) is 0.500. The quantitative estimate of drug-likeness (QED) is 0.561. The van der Waals surface area contributed by atoms with Crippen LogP contribution in [-0.4, -0.2) is 6.54 Å². The number of benzene rings is 1. The van der Waals surface area contributed by atoms with Gasteiger partial charge in [0, 0.05) is 12.2 Å². The Morgan fingerprint density at radius 2 is 2.14 bits per heavy atom. The van der Waals surface area contributed by atoms with Gasteiger partial charge in [0.2, 0.25) is 0 Å². The number of anilines is 1. The van der Waals surface area contributed by atoms with E-state index in [0.717, 1.165) is 0 Å². The second-order valence-corrected chi connectivity index (χ2v) is 5.35. The highest BCUT2D eigenvalue weighted by atomic mass is 127. The summed E-state index contributed by atoms with van der Waals surface area (Å²) in [6.07, 6.45) is 2.54. The lowest BCUT2D eigenvalue weighted by Gasteiger charge is -2.28. The summed E-state index contributed by atoms with van der Waals surface area (Å²) in [4.78, 5) is 0. The zero-order valence-corrected chi connectivity index (χ0v) is 10.9. The highest BCUT2D eigenvalue weighted by Gasteiger charge is 2.18. The molecular weight excluding hydrogens is 285 g/mol. The molecule has 2 heteroatoms.